The van der Waals surface area contributed by atoms with E-state index in [4.69, 9.17) is 13.9 Å². The van der Waals surface area contributed by atoms with Gasteiger partial charge in [-0.2, -0.15) is 18.2 Å². The molecule has 282 valence electrons. The molecule has 0 saturated carbocycles. The van der Waals surface area contributed by atoms with Crippen LogP contribution in [-0.4, -0.2) is 97.8 Å². The minimum Gasteiger partial charge on any atom is -0.405 e. The number of carbonyl (C=O) groups excluding carboxylic acids is 1. The lowest BCUT2D eigenvalue weighted by molar-refractivity contribution is -0.173. The average Bonchev–Trinajstić information content (AvgIpc) is 3.69. The van der Waals surface area contributed by atoms with E-state index in [0.29, 0.717) is 12.4 Å². The number of benzene rings is 2. The van der Waals surface area contributed by atoms with Crippen LogP contribution in [-0.2, 0) is 18.7 Å². The van der Waals surface area contributed by atoms with E-state index in [2.05, 4.69) is 71.8 Å². The summed E-state index contributed by atoms with van der Waals surface area (Å²) in [5, 5.41) is 3.78. The number of aromatic nitrogens is 3. The topological polar surface area (TPSA) is 123 Å². The Hall–Kier alpha value is -4.40. The van der Waals surface area contributed by atoms with Crippen molar-refractivity contribution in [3.8, 4) is 11.8 Å². The molecule has 0 radical (unpaired) electrons. The molecule has 1 aliphatic heterocycles. The van der Waals surface area contributed by atoms with E-state index >= 15 is 0 Å². The normalized spacial score (nSPS) is 17.9. The maximum absolute atomic E-state index is 13.4. The molecule has 4 aromatic rings. The predicted molar refractivity (Wildman–Crippen MR) is 203 cm³/mol. The molecule has 1 unspecified atom stereocenters. The van der Waals surface area contributed by atoms with Crippen LogP contribution in [0.2, 0.25) is 5.04 Å². The first-order valence-corrected chi connectivity index (χ1v) is 20.2. The van der Waals surface area contributed by atoms with E-state index in [1.807, 2.05) is 42.7 Å². The molecule has 11 nitrogen and oxygen atoms in total. The highest BCUT2D eigenvalue weighted by Crippen LogP contribution is 2.39. The second kappa shape index (κ2) is 16.7. The van der Waals surface area contributed by atoms with Crippen molar-refractivity contribution >= 4 is 59.7 Å². The zero-order valence-electron chi connectivity index (χ0n) is 30.4. The average molecular weight is 769 g/mol. The van der Waals surface area contributed by atoms with E-state index in [1.54, 1.807) is 35.1 Å². The summed E-state index contributed by atoms with van der Waals surface area (Å²) in [6.07, 6.45) is -1.28. The summed E-state index contributed by atoms with van der Waals surface area (Å²) in [6.45, 7) is 6.21. The van der Waals surface area contributed by atoms with Gasteiger partial charge in [-0.25, -0.2) is 4.99 Å². The maximum atomic E-state index is 13.4. The van der Waals surface area contributed by atoms with Gasteiger partial charge < -0.3 is 28.7 Å². The van der Waals surface area contributed by atoms with Crippen molar-refractivity contribution in [3.05, 3.63) is 82.8 Å². The predicted octanol–water partition coefficient (Wildman–Crippen LogP) is 4.55. The Labute approximate surface area is 311 Å². The molecule has 0 spiro atoms. The third-order valence-corrected chi connectivity index (χ3v) is 14.0. The molecule has 3 atom stereocenters. The highest BCUT2D eigenvalue weighted by Gasteiger charge is 2.51. The number of aliphatic imine (C=N–C) groups is 1. The number of nitrogens with zero attached hydrogens (tertiary/aromatic N) is 4. The number of amides is 1. The van der Waals surface area contributed by atoms with Crippen LogP contribution in [0, 0.1) is 11.8 Å². The largest absolute Gasteiger partial charge is 0.471 e. The lowest BCUT2D eigenvalue weighted by Gasteiger charge is -2.43. The van der Waals surface area contributed by atoms with Crippen LogP contribution < -0.4 is 21.2 Å². The van der Waals surface area contributed by atoms with Crippen molar-refractivity contribution in [1.82, 2.24) is 24.8 Å². The van der Waals surface area contributed by atoms with Gasteiger partial charge in [0, 0.05) is 26.7 Å². The fourth-order valence-electron chi connectivity index (χ4n) is 6.37. The van der Waals surface area contributed by atoms with Gasteiger partial charge in [0.2, 0.25) is 5.95 Å². The number of fused-ring (bicyclic) bond motifs is 1. The van der Waals surface area contributed by atoms with Crippen LogP contribution >= 0.6 is 11.8 Å². The summed E-state index contributed by atoms with van der Waals surface area (Å²) in [5.41, 5.74) is -0.149. The highest BCUT2D eigenvalue weighted by atomic mass is 32.2. The van der Waals surface area contributed by atoms with Crippen LogP contribution in [0.5, 0.6) is 0 Å². The summed E-state index contributed by atoms with van der Waals surface area (Å²) in [6, 6.07) is 20.5. The summed E-state index contributed by atoms with van der Waals surface area (Å²) in [5.74, 6) is 3.58. The summed E-state index contributed by atoms with van der Waals surface area (Å²) < 4.78 is 60.1. The summed E-state index contributed by atoms with van der Waals surface area (Å²) >= 11 is 1.53. The first-order valence-electron chi connectivity index (χ1n) is 16.9. The van der Waals surface area contributed by atoms with Crippen molar-refractivity contribution in [1.29, 1.82) is 0 Å². The number of aromatic amines is 1. The van der Waals surface area contributed by atoms with E-state index in [0.717, 1.165) is 10.4 Å². The fourth-order valence-corrected chi connectivity index (χ4v) is 11.3. The van der Waals surface area contributed by atoms with Crippen molar-refractivity contribution in [3.63, 3.8) is 0 Å². The van der Waals surface area contributed by atoms with E-state index in [1.165, 1.54) is 18.1 Å². The first-order chi connectivity index (χ1) is 25.2. The van der Waals surface area contributed by atoms with E-state index in [-0.39, 0.29) is 34.2 Å². The number of thioether (sulfide) groups is 1. The zero-order chi connectivity index (χ0) is 38.4. The van der Waals surface area contributed by atoms with Gasteiger partial charge >= 0.3 is 12.1 Å². The Morgan fingerprint density at radius 2 is 1.79 bits per heavy atom. The summed E-state index contributed by atoms with van der Waals surface area (Å²) in [7, 11) is 0.602. The number of halogens is 3. The molecule has 1 saturated heterocycles. The van der Waals surface area contributed by atoms with Crippen molar-refractivity contribution in [2.24, 2.45) is 4.99 Å². The Morgan fingerprint density at radius 1 is 1.15 bits per heavy atom. The van der Waals surface area contributed by atoms with Gasteiger partial charge in [-0.15, -0.1) is 11.8 Å². The lowest BCUT2D eigenvalue weighted by atomic mass is 10.2. The van der Waals surface area contributed by atoms with Gasteiger partial charge in [-0.05, 0) is 21.7 Å². The quantitative estimate of drug-likeness (QED) is 0.0709. The second-order valence-corrected chi connectivity index (χ2v) is 18.8. The number of alkyl halides is 3. The van der Waals surface area contributed by atoms with Gasteiger partial charge in [0.15, 0.2) is 5.65 Å². The first kappa shape index (κ1) is 39.8. The van der Waals surface area contributed by atoms with Gasteiger partial charge in [0.25, 0.3) is 13.9 Å². The third-order valence-electron chi connectivity index (χ3n) is 8.67. The Morgan fingerprint density at radius 3 is 2.36 bits per heavy atom. The van der Waals surface area contributed by atoms with Crippen LogP contribution in [0.25, 0.3) is 11.0 Å². The molecule has 1 amide bonds. The smallest absolute Gasteiger partial charge is 0.405 e. The molecular weight excluding hydrogens is 726 g/mol. The van der Waals surface area contributed by atoms with Crippen LogP contribution in [0.1, 0.15) is 39.0 Å². The SMILES string of the molecule is CSCOC1C[C@H](n2cc(C#CCNC(=O)C(F)(F)F)c3c(=O)[nH]c(N=CN(C)C)nc32)O[C@@H]1CO[Si](c1ccccc1)(c1ccccc1)C(C)(C)C. The maximum Gasteiger partial charge on any atom is 0.471 e. The second-order valence-electron chi connectivity index (χ2n) is 13.7. The minimum atomic E-state index is -5.05. The Balaban J connectivity index is 1.53. The van der Waals surface area contributed by atoms with Crippen molar-refractivity contribution in [2.45, 2.75) is 56.8 Å². The monoisotopic (exact) mass is 768 g/mol. The number of rotatable bonds is 12. The Bertz CT molecular complexity index is 1980. The number of hydrogen-bond acceptors (Lipinski definition) is 8. The van der Waals surface area contributed by atoms with E-state index < -0.39 is 50.9 Å². The molecule has 1 aliphatic rings. The van der Waals surface area contributed by atoms with Crippen molar-refractivity contribution in [2.75, 3.05) is 39.4 Å². The summed E-state index contributed by atoms with van der Waals surface area (Å²) in [4.78, 5) is 37.9. The number of nitrogens with one attached hydrogen (secondary N) is 2. The van der Waals surface area contributed by atoms with Crippen LogP contribution in [0.15, 0.2) is 76.6 Å². The van der Waals surface area contributed by atoms with Crippen LogP contribution in [0.4, 0.5) is 19.1 Å². The Kier molecular flexibility index (Phi) is 12.6. The molecule has 16 heteroatoms. The molecule has 1 fully saturated rings. The molecule has 2 aromatic heterocycles. The molecule has 2 aromatic carbocycles. The fraction of sp³-hybridized carbons (Fsp3) is 0.405. The third kappa shape index (κ3) is 9.05. The number of hydrogen-bond donors (Lipinski definition) is 2. The minimum absolute atomic E-state index is 0.0345. The molecular formula is C37H43F3N6O5SSi. The molecule has 5 rings (SSSR count). The molecule has 3 heterocycles. The zero-order valence-corrected chi connectivity index (χ0v) is 32.2. The van der Waals surface area contributed by atoms with E-state index in [9.17, 15) is 22.8 Å². The molecule has 2 N–H and O–H groups in total. The molecule has 0 aliphatic carbocycles. The lowest BCUT2D eigenvalue weighted by Crippen LogP contribution is -2.67. The van der Waals surface area contributed by atoms with Gasteiger partial charge in [-0.3, -0.25) is 14.6 Å². The molecule has 53 heavy (non-hydrogen) atoms. The van der Waals surface area contributed by atoms with Crippen LogP contribution in [0.3, 0.4) is 0 Å². The van der Waals surface area contributed by atoms with Crippen molar-refractivity contribution < 1.29 is 31.9 Å². The molecule has 0 bridgehead atoms. The number of carbonyl (C=O) groups is 1. The standard InChI is InChI=1S/C37H43F3N6O5SSi/c1-36(2,3)53(26-15-9-7-10-16-26,27-17-11-8-12-18-27)50-22-29-28(49-24-52-6)20-30(51-29)46-21-25(14-13-19-41-34(48)37(38,39)40)31-32(46)43-35(44-33(31)47)42-23-45(4)5/h7-12,15-18,21,23,28-30H,19-20,22,24H2,1-6H3,(H,41,48)(H,43,44,47)/t28?,29-,30-/m1/s1. The number of ether oxygens (including phenoxy) is 2. The number of H-pyrrole nitrogens is 1. The van der Waals surface area contributed by atoms with Gasteiger partial charge in [-0.1, -0.05) is 93.3 Å². The van der Waals surface area contributed by atoms with Gasteiger partial charge in [0.1, 0.15) is 12.3 Å². The van der Waals surface area contributed by atoms with Gasteiger partial charge in [0.05, 0.1) is 42.5 Å². The highest BCUT2D eigenvalue weighted by molar-refractivity contribution is 7.98.